The lowest BCUT2D eigenvalue weighted by molar-refractivity contribution is -0.121. The Morgan fingerprint density at radius 3 is 2.47 bits per heavy atom. The van der Waals surface area contributed by atoms with Crippen LogP contribution in [-0.4, -0.2) is 44.8 Å². The van der Waals surface area contributed by atoms with Gasteiger partial charge >= 0.3 is 0 Å². The minimum Gasteiger partial charge on any atom is -0.365 e. The van der Waals surface area contributed by atoms with Crippen molar-refractivity contribution in [2.45, 2.75) is 39.0 Å². The van der Waals surface area contributed by atoms with Crippen LogP contribution in [0.3, 0.4) is 0 Å². The zero-order valence-corrected chi connectivity index (χ0v) is 19.7. The fourth-order valence-corrected chi connectivity index (χ4v) is 4.56. The minimum absolute atomic E-state index is 0.0361. The van der Waals surface area contributed by atoms with Crippen molar-refractivity contribution in [3.8, 4) is 0 Å². The Hall–Kier alpha value is -3.23. The number of aromatic nitrogens is 3. The molecule has 2 aliphatic rings. The predicted octanol–water partition coefficient (Wildman–Crippen LogP) is 4.00. The van der Waals surface area contributed by atoms with Crippen LogP contribution >= 0.6 is 11.6 Å². The second-order valence-electron chi connectivity index (χ2n) is 8.84. The average molecular weight is 480 g/mol. The fraction of sp³-hybridized carbons (Fsp3) is 0.360. The first-order valence-corrected chi connectivity index (χ1v) is 11.8. The summed E-state index contributed by atoms with van der Waals surface area (Å²) < 4.78 is 7.82. The number of piperidine rings is 1. The van der Waals surface area contributed by atoms with Crippen molar-refractivity contribution in [2.75, 3.05) is 18.4 Å². The molecule has 1 saturated heterocycles. The van der Waals surface area contributed by atoms with E-state index >= 15 is 0 Å². The van der Waals surface area contributed by atoms with Crippen LogP contribution in [0.2, 0.25) is 5.02 Å². The van der Waals surface area contributed by atoms with Crippen LogP contribution in [0.1, 0.15) is 46.3 Å². The Morgan fingerprint density at radius 2 is 1.76 bits per heavy atom. The molecule has 9 heteroatoms. The number of fused-ring (bicyclic) bond motifs is 1. The van der Waals surface area contributed by atoms with Crippen molar-refractivity contribution in [2.24, 2.45) is 5.92 Å². The quantitative estimate of drug-likeness (QED) is 0.610. The summed E-state index contributed by atoms with van der Waals surface area (Å²) in [6.07, 6.45) is 1.08. The molecule has 0 aliphatic carbocycles. The van der Waals surface area contributed by atoms with Crippen molar-refractivity contribution >= 4 is 29.1 Å². The molecular formula is C25H26ClN5O3. The molecule has 0 bridgehead atoms. The summed E-state index contributed by atoms with van der Waals surface area (Å²) in [5, 5.41) is 12.0. The van der Waals surface area contributed by atoms with E-state index in [-0.39, 0.29) is 30.4 Å². The van der Waals surface area contributed by atoms with E-state index in [0.29, 0.717) is 54.6 Å². The highest BCUT2D eigenvalue weighted by Crippen LogP contribution is 2.28. The number of halogens is 1. The van der Waals surface area contributed by atoms with Crippen molar-refractivity contribution in [1.29, 1.82) is 0 Å². The van der Waals surface area contributed by atoms with Crippen LogP contribution in [0.4, 0.5) is 5.69 Å². The third-order valence-corrected chi connectivity index (χ3v) is 6.77. The molecule has 5 rings (SSSR count). The highest BCUT2D eigenvalue weighted by molar-refractivity contribution is 6.30. The number of ether oxygens (including phenoxy) is 1. The summed E-state index contributed by atoms with van der Waals surface area (Å²) in [5.74, 6) is -0.339. The smallest absolute Gasteiger partial charge is 0.276 e. The number of benzene rings is 2. The molecule has 0 saturated carbocycles. The third-order valence-electron chi connectivity index (χ3n) is 6.51. The van der Waals surface area contributed by atoms with Gasteiger partial charge in [0.15, 0.2) is 5.69 Å². The number of hydrogen-bond donors (Lipinski definition) is 1. The monoisotopic (exact) mass is 479 g/mol. The first-order valence-electron chi connectivity index (χ1n) is 11.4. The first-order chi connectivity index (χ1) is 16.5. The number of anilines is 1. The van der Waals surface area contributed by atoms with Gasteiger partial charge in [0.25, 0.3) is 5.91 Å². The normalized spacial score (nSPS) is 18.4. The van der Waals surface area contributed by atoms with E-state index in [9.17, 15) is 9.59 Å². The van der Waals surface area contributed by atoms with Gasteiger partial charge in [0.05, 0.1) is 18.8 Å². The van der Waals surface area contributed by atoms with Gasteiger partial charge in [-0.1, -0.05) is 46.6 Å². The van der Waals surface area contributed by atoms with Crippen molar-refractivity contribution in [1.82, 2.24) is 19.9 Å². The highest BCUT2D eigenvalue weighted by atomic mass is 35.5. The van der Waals surface area contributed by atoms with Crippen LogP contribution in [-0.2, 0) is 22.7 Å². The molecule has 0 radical (unpaired) electrons. The van der Waals surface area contributed by atoms with Crippen LogP contribution in [0.5, 0.6) is 0 Å². The molecular weight excluding hydrogens is 454 g/mol. The van der Waals surface area contributed by atoms with Gasteiger partial charge in [-0.05, 0) is 49.6 Å². The maximum atomic E-state index is 13.2. The molecule has 2 amide bonds. The van der Waals surface area contributed by atoms with Crippen LogP contribution in [0, 0.1) is 12.8 Å². The van der Waals surface area contributed by atoms with E-state index in [1.54, 1.807) is 33.8 Å². The number of nitrogens with one attached hydrogen (secondary N) is 1. The zero-order valence-electron chi connectivity index (χ0n) is 18.9. The molecule has 2 aliphatic heterocycles. The summed E-state index contributed by atoms with van der Waals surface area (Å²) in [6, 6.07) is 15.3. The summed E-state index contributed by atoms with van der Waals surface area (Å²) in [4.78, 5) is 27.5. The van der Waals surface area contributed by atoms with Gasteiger partial charge in [-0.25, -0.2) is 4.68 Å². The van der Waals surface area contributed by atoms with Gasteiger partial charge in [-0.15, -0.1) is 5.10 Å². The maximum absolute atomic E-state index is 13.2. The summed E-state index contributed by atoms with van der Waals surface area (Å²) >= 11 is 5.90. The molecule has 8 nitrogen and oxygen atoms in total. The topological polar surface area (TPSA) is 89.4 Å². The van der Waals surface area contributed by atoms with E-state index in [1.807, 2.05) is 6.92 Å². The molecule has 34 heavy (non-hydrogen) atoms. The van der Waals surface area contributed by atoms with E-state index in [4.69, 9.17) is 16.3 Å². The Balaban J connectivity index is 1.18. The minimum atomic E-state index is -0.157. The number of nitrogens with zero attached hydrogens (tertiary/aromatic N) is 4. The molecule has 1 aromatic heterocycles. The molecule has 1 N–H and O–H groups in total. The second kappa shape index (κ2) is 9.56. The fourth-order valence-electron chi connectivity index (χ4n) is 4.43. The number of hydrogen-bond acceptors (Lipinski definition) is 5. The second-order valence-corrected chi connectivity index (χ2v) is 9.28. The molecule has 3 aromatic rings. The summed E-state index contributed by atoms with van der Waals surface area (Å²) in [5.41, 5.74) is 4.04. The largest absolute Gasteiger partial charge is 0.365 e. The molecule has 3 heterocycles. The number of aryl methyl sites for hydroxylation is 1. The van der Waals surface area contributed by atoms with E-state index in [2.05, 4.69) is 39.9 Å². The lowest BCUT2D eigenvalue weighted by atomic mass is 9.95. The number of amides is 2. The number of rotatable bonds is 4. The van der Waals surface area contributed by atoms with Gasteiger partial charge in [-0.2, -0.15) is 0 Å². The van der Waals surface area contributed by atoms with Gasteiger partial charge in [0.2, 0.25) is 5.91 Å². The van der Waals surface area contributed by atoms with Crippen molar-refractivity contribution in [3.63, 3.8) is 0 Å². The Kier molecular flexibility index (Phi) is 6.34. The SMILES string of the molecule is Cc1ccc([C@H]2Cn3nnc(C(=O)N4CCC(C(=O)Nc5ccc(Cl)cc5)CC4)c3CO2)cc1. The number of carbonyl (C=O) groups excluding carboxylic acids is 2. The van der Waals surface area contributed by atoms with Gasteiger partial charge < -0.3 is 15.0 Å². The maximum Gasteiger partial charge on any atom is 0.276 e. The molecule has 0 unspecified atom stereocenters. The highest BCUT2D eigenvalue weighted by Gasteiger charge is 2.33. The zero-order chi connectivity index (χ0) is 23.7. The molecule has 176 valence electrons. The summed E-state index contributed by atoms with van der Waals surface area (Å²) in [6.45, 7) is 3.85. The van der Waals surface area contributed by atoms with E-state index < -0.39 is 0 Å². The van der Waals surface area contributed by atoms with E-state index in [0.717, 1.165) is 5.56 Å². The first kappa shape index (κ1) is 22.6. The van der Waals surface area contributed by atoms with Crippen LogP contribution < -0.4 is 5.32 Å². The Labute approximate surface area is 202 Å². The van der Waals surface area contributed by atoms with E-state index in [1.165, 1.54) is 5.56 Å². The van der Waals surface area contributed by atoms with Crippen molar-refractivity contribution in [3.05, 3.63) is 76.1 Å². The lowest BCUT2D eigenvalue weighted by Crippen LogP contribution is -2.42. The molecule has 1 atom stereocenters. The summed E-state index contributed by atoms with van der Waals surface area (Å²) in [7, 11) is 0. The molecule has 0 spiro atoms. The predicted molar refractivity (Wildman–Crippen MR) is 127 cm³/mol. The van der Waals surface area contributed by atoms with Crippen molar-refractivity contribution < 1.29 is 14.3 Å². The Bertz CT molecular complexity index is 1180. The van der Waals surface area contributed by atoms with Gasteiger partial charge in [-0.3, -0.25) is 9.59 Å². The lowest BCUT2D eigenvalue weighted by Gasteiger charge is -2.31. The third kappa shape index (κ3) is 4.69. The molecule has 2 aromatic carbocycles. The van der Waals surface area contributed by atoms with Crippen LogP contribution in [0.25, 0.3) is 0 Å². The standard InChI is InChI=1S/C25H26ClN5O3/c1-16-2-4-17(5-3-16)22-14-31-21(15-34-22)23(28-29-31)25(33)30-12-10-18(11-13-30)24(32)27-20-8-6-19(26)7-9-20/h2-9,18,22H,10-15H2,1H3,(H,27,32)/t22-/m1/s1. The number of carbonyl (C=O) groups is 2. The number of likely N-dealkylation sites (tertiary alicyclic amines) is 1. The van der Waals surface area contributed by atoms with Crippen LogP contribution in [0.15, 0.2) is 48.5 Å². The van der Waals surface area contributed by atoms with Gasteiger partial charge in [0.1, 0.15) is 6.10 Å². The Morgan fingerprint density at radius 1 is 1.06 bits per heavy atom. The van der Waals surface area contributed by atoms with Gasteiger partial charge in [0, 0.05) is 29.7 Å². The average Bonchev–Trinajstić information content (AvgIpc) is 3.29. The molecule has 1 fully saturated rings.